The summed E-state index contributed by atoms with van der Waals surface area (Å²) in [6, 6.07) is 13.1. The zero-order valence-corrected chi connectivity index (χ0v) is 17.0. The van der Waals surface area contributed by atoms with Gasteiger partial charge in [0.2, 0.25) is 0 Å². The number of carbonyl (C=O) groups excluding carboxylic acids is 2. The summed E-state index contributed by atoms with van der Waals surface area (Å²) in [6.45, 7) is 3.06. The number of rotatable bonds is 2. The number of piperidine rings is 1. The minimum absolute atomic E-state index is 0.0505. The predicted molar refractivity (Wildman–Crippen MR) is 113 cm³/mol. The molecule has 0 atom stereocenters. The second kappa shape index (κ2) is 7.31. The van der Waals surface area contributed by atoms with Gasteiger partial charge in [-0.2, -0.15) is 0 Å². The lowest BCUT2D eigenvalue weighted by Gasteiger charge is -2.51. The molecule has 1 saturated heterocycles. The molecule has 2 heterocycles. The number of nitrogens with zero attached hydrogens (tertiary/aromatic N) is 2. The van der Waals surface area contributed by atoms with Crippen LogP contribution in [0.3, 0.4) is 0 Å². The van der Waals surface area contributed by atoms with Crippen LogP contribution in [-0.2, 0) is 0 Å². The Morgan fingerprint density at radius 2 is 1.90 bits per heavy atom. The number of amides is 3. The fourth-order valence-corrected chi connectivity index (χ4v) is 4.19. The maximum Gasteiger partial charge on any atom is 0.321 e. The summed E-state index contributed by atoms with van der Waals surface area (Å²) in [5.74, 6) is 0.710. The van der Waals surface area contributed by atoms with Gasteiger partial charge in [0, 0.05) is 38.7 Å². The van der Waals surface area contributed by atoms with E-state index in [1.165, 1.54) is 0 Å². The van der Waals surface area contributed by atoms with Crippen LogP contribution in [0.5, 0.6) is 5.75 Å². The Bertz CT molecular complexity index is 951. The molecule has 2 aromatic rings. The number of methoxy groups -OCH3 is 1. The monoisotopic (exact) mass is 394 g/mol. The number of aryl methyl sites for hydroxylation is 1. The van der Waals surface area contributed by atoms with E-state index in [9.17, 15) is 9.59 Å². The highest BCUT2D eigenvalue weighted by Crippen LogP contribution is 2.36. The number of benzene rings is 2. The number of para-hydroxylation sites is 1. The van der Waals surface area contributed by atoms with Crippen LogP contribution in [-0.4, -0.2) is 49.7 Å². The molecule has 0 unspecified atom stereocenters. The maximum atomic E-state index is 12.8. The maximum absolute atomic E-state index is 12.8. The molecule has 7 nitrogen and oxygen atoms in total. The van der Waals surface area contributed by atoms with Crippen molar-refractivity contribution >= 4 is 23.3 Å². The van der Waals surface area contributed by atoms with Crippen molar-refractivity contribution in [2.45, 2.75) is 25.4 Å². The van der Waals surface area contributed by atoms with Crippen molar-refractivity contribution in [2.24, 2.45) is 0 Å². The lowest BCUT2D eigenvalue weighted by Crippen LogP contribution is -2.67. The van der Waals surface area contributed by atoms with Crippen LogP contribution < -0.4 is 20.3 Å². The highest BCUT2D eigenvalue weighted by molar-refractivity contribution is 6.02. The first kappa shape index (κ1) is 19.1. The SMILES string of the molecule is COc1ccc(NC(=O)N2CCC3(CC2)NC(=O)c2ccccc2N3C)c(C)c1. The van der Waals surface area contributed by atoms with Gasteiger partial charge in [0.1, 0.15) is 11.4 Å². The lowest BCUT2D eigenvalue weighted by molar-refractivity contribution is 0.0815. The summed E-state index contributed by atoms with van der Waals surface area (Å²) < 4.78 is 5.22. The number of ether oxygens (including phenoxy) is 1. The Morgan fingerprint density at radius 1 is 1.17 bits per heavy atom. The molecule has 4 rings (SSSR count). The molecular formula is C22H26N4O3. The Kier molecular flexibility index (Phi) is 4.82. The molecule has 152 valence electrons. The van der Waals surface area contributed by atoms with E-state index < -0.39 is 5.66 Å². The Balaban J connectivity index is 1.44. The van der Waals surface area contributed by atoms with Crippen molar-refractivity contribution < 1.29 is 14.3 Å². The standard InChI is InChI=1S/C22H26N4O3/c1-15-14-16(29-3)8-9-18(15)23-21(28)26-12-10-22(11-13-26)24-20(27)17-6-4-5-7-19(17)25(22)2/h4-9,14H,10-13H2,1-3H3,(H,23,28)(H,24,27). The molecule has 2 N–H and O–H groups in total. The van der Waals surface area contributed by atoms with Gasteiger partial charge in [0.15, 0.2) is 0 Å². The molecule has 2 aliphatic heterocycles. The molecule has 0 aromatic heterocycles. The average Bonchev–Trinajstić information content (AvgIpc) is 2.74. The van der Waals surface area contributed by atoms with E-state index in [0.29, 0.717) is 31.5 Å². The van der Waals surface area contributed by atoms with Crippen molar-refractivity contribution in [3.05, 3.63) is 53.6 Å². The minimum atomic E-state index is -0.460. The number of anilines is 2. The van der Waals surface area contributed by atoms with Crippen LogP contribution in [0.25, 0.3) is 0 Å². The molecule has 29 heavy (non-hydrogen) atoms. The fraction of sp³-hybridized carbons (Fsp3) is 0.364. The van der Waals surface area contributed by atoms with Gasteiger partial charge < -0.3 is 25.2 Å². The Morgan fingerprint density at radius 3 is 2.59 bits per heavy atom. The van der Waals surface area contributed by atoms with Crippen molar-refractivity contribution in [3.8, 4) is 5.75 Å². The van der Waals surface area contributed by atoms with E-state index in [1.807, 2.05) is 56.4 Å². The van der Waals surface area contributed by atoms with Crippen molar-refractivity contribution in [1.29, 1.82) is 0 Å². The fourth-order valence-electron chi connectivity index (χ4n) is 4.19. The second-order valence-electron chi connectivity index (χ2n) is 7.66. The molecule has 1 spiro atoms. The highest BCUT2D eigenvalue weighted by atomic mass is 16.5. The van der Waals surface area contributed by atoms with E-state index in [4.69, 9.17) is 4.74 Å². The quantitative estimate of drug-likeness (QED) is 0.820. The molecule has 0 radical (unpaired) electrons. The normalized spacial score (nSPS) is 17.6. The lowest BCUT2D eigenvalue weighted by atomic mass is 9.90. The van der Waals surface area contributed by atoms with Gasteiger partial charge in [0.25, 0.3) is 5.91 Å². The molecular weight excluding hydrogens is 368 g/mol. The summed E-state index contributed by atoms with van der Waals surface area (Å²) in [4.78, 5) is 29.3. The van der Waals surface area contributed by atoms with Gasteiger partial charge in [0.05, 0.1) is 18.4 Å². The van der Waals surface area contributed by atoms with Crippen LogP contribution in [0.4, 0.5) is 16.2 Å². The zero-order valence-electron chi connectivity index (χ0n) is 17.0. The topological polar surface area (TPSA) is 73.9 Å². The first-order valence-corrected chi connectivity index (χ1v) is 9.79. The Labute approximate surface area is 170 Å². The van der Waals surface area contributed by atoms with Gasteiger partial charge in [-0.05, 0) is 42.8 Å². The van der Waals surface area contributed by atoms with Gasteiger partial charge in [-0.25, -0.2) is 4.79 Å². The number of nitrogens with one attached hydrogen (secondary N) is 2. The summed E-state index contributed by atoms with van der Waals surface area (Å²) in [5, 5.41) is 6.17. The third-order valence-corrected chi connectivity index (χ3v) is 6.05. The highest BCUT2D eigenvalue weighted by Gasteiger charge is 2.44. The van der Waals surface area contributed by atoms with E-state index in [-0.39, 0.29) is 11.9 Å². The molecule has 3 amide bonds. The van der Waals surface area contributed by atoms with Crippen LogP contribution >= 0.6 is 0 Å². The molecule has 2 aromatic carbocycles. The first-order valence-electron chi connectivity index (χ1n) is 9.79. The van der Waals surface area contributed by atoms with Crippen molar-refractivity contribution in [1.82, 2.24) is 10.2 Å². The van der Waals surface area contributed by atoms with Gasteiger partial charge in [-0.3, -0.25) is 4.79 Å². The Hall–Kier alpha value is -3.22. The van der Waals surface area contributed by atoms with Crippen molar-refractivity contribution in [3.63, 3.8) is 0 Å². The summed E-state index contributed by atoms with van der Waals surface area (Å²) in [7, 11) is 3.63. The van der Waals surface area contributed by atoms with Gasteiger partial charge in [-0.1, -0.05) is 12.1 Å². The number of fused-ring (bicyclic) bond motifs is 1. The smallest absolute Gasteiger partial charge is 0.321 e. The molecule has 7 heteroatoms. The van der Waals surface area contributed by atoms with E-state index in [0.717, 1.165) is 22.7 Å². The average molecular weight is 394 g/mol. The molecule has 2 aliphatic rings. The van der Waals surface area contributed by atoms with E-state index in [1.54, 1.807) is 12.0 Å². The molecule has 0 bridgehead atoms. The van der Waals surface area contributed by atoms with Crippen molar-refractivity contribution in [2.75, 3.05) is 37.5 Å². The van der Waals surface area contributed by atoms with E-state index in [2.05, 4.69) is 15.5 Å². The number of hydrogen-bond donors (Lipinski definition) is 2. The zero-order chi connectivity index (χ0) is 20.6. The third-order valence-electron chi connectivity index (χ3n) is 6.05. The van der Waals surface area contributed by atoms with Crippen LogP contribution in [0.15, 0.2) is 42.5 Å². The second-order valence-corrected chi connectivity index (χ2v) is 7.66. The van der Waals surface area contributed by atoms with Gasteiger partial charge in [-0.15, -0.1) is 0 Å². The molecule has 1 fully saturated rings. The predicted octanol–water partition coefficient (Wildman–Crippen LogP) is 3.21. The van der Waals surface area contributed by atoms with Crippen LogP contribution in [0.2, 0.25) is 0 Å². The van der Waals surface area contributed by atoms with E-state index >= 15 is 0 Å². The number of carbonyl (C=O) groups is 2. The van der Waals surface area contributed by atoms with Crippen LogP contribution in [0.1, 0.15) is 28.8 Å². The van der Waals surface area contributed by atoms with Crippen LogP contribution in [0, 0.1) is 6.92 Å². The largest absolute Gasteiger partial charge is 0.497 e. The first-order chi connectivity index (χ1) is 13.9. The summed E-state index contributed by atoms with van der Waals surface area (Å²) in [6.07, 6.45) is 1.33. The number of urea groups is 1. The number of likely N-dealkylation sites (tertiary alicyclic amines) is 1. The summed E-state index contributed by atoms with van der Waals surface area (Å²) in [5.41, 5.74) is 2.88. The molecule has 0 saturated carbocycles. The number of hydrogen-bond acceptors (Lipinski definition) is 4. The minimum Gasteiger partial charge on any atom is -0.497 e. The molecule has 0 aliphatic carbocycles. The summed E-state index contributed by atoms with van der Waals surface area (Å²) >= 11 is 0. The van der Waals surface area contributed by atoms with Gasteiger partial charge >= 0.3 is 6.03 Å². The third kappa shape index (κ3) is 3.37.